The monoisotopic (exact) mass is 348 g/mol. The maximum absolute atomic E-state index is 3.67. The lowest BCUT2D eigenvalue weighted by molar-refractivity contribution is 0.672. The third-order valence-corrected chi connectivity index (χ3v) is 4.41. The van der Waals surface area contributed by atoms with Gasteiger partial charge in [0.05, 0.1) is 0 Å². The van der Waals surface area contributed by atoms with Crippen LogP contribution in [0.5, 0.6) is 0 Å². The lowest BCUT2D eigenvalue weighted by Crippen LogP contribution is -1.83. The first kappa shape index (κ1) is 14.5. The molecule has 1 rings (SSSR count). The Kier molecular flexibility index (Phi) is 8.58. The molecule has 0 aromatic carbocycles. The van der Waals surface area contributed by atoms with Gasteiger partial charge in [-0.05, 0) is 60.3 Å². The van der Waals surface area contributed by atoms with E-state index >= 15 is 0 Å². The number of rotatable bonds is 0. The SMILES string of the molecule is Br/C1=C/CCCCC/C=C(/Br)CCCCC1. The molecule has 0 aliphatic heterocycles. The Hall–Kier alpha value is 0.440. The van der Waals surface area contributed by atoms with Crippen LogP contribution in [0.25, 0.3) is 0 Å². The van der Waals surface area contributed by atoms with E-state index in [2.05, 4.69) is 44.0 Å². The third-order valence-electron chi connectivity index (χ3n) is 2.97. The molecule has 0 heterocycles. The van der Waals surface area contributed by atoms with Gasteiger partial charge in [0.25, 0.3) is 0 Å². The lowest BCUT2D eigenvalue weighted by Gasteiger charge is -2.04. The molecule has 0 saturated heterocycles. The van der Waals surface area contributed by atoms with Gasteiger partial charge in [-0.15, -0.1) is 0 Å². The Labute approximate surface area is 117 Å². The van der Waals surface area contributed by atoms with Crippen LogP contribution in [0.4, 0.5) is 0 Å². The van der Waals surface area contributed by atoms with Gasteiger partial charge in [0, 0.05) is 0 Å². The summed E-state index contributed by atoms with van der Waals surface area (Å²) in [5.41, 5.74) is 0. The second kappa shape index (κ2) is 9.47. The van der Waals surface area contributed by atoms with Gasteiger partial charge in [-0.25, -0.2) is 0 Å². The standard InChI is InChI=1S/C14H22Br2/c15-13-9-5-2-1-3-6-10-14(16)12-8-4-7-11-13/h9-10H,1-8,11-12H2/b13-9+,14-10+. The van der Waals surface area contributed by atoms with Gasteiger partial charge in [0.2, 0.25) is 0 Å². The Bertz CT molecular complexity index is 217. The maximum atomic E-state index is 3.67. The highest BCUT2D eigenvalue weighted by molar-refractivity contribution is 9.12. The predicted molar refractivity (Wildman–Crippen MR) is 80.2 cm³/mol. The highest BCUT2D eigenvalue weighted by Crippen LogP contribution is 2.21. The van der Waals surface area contributed by atoms with Gasteiger partial charge in [0.15, 0.2) is 0 Å². The van der Waals surface area contributed by atoms with E-state index in [1.165, 1.54) is 73.2 Å². The minimum absolute atomic E-state index is 1.22. The van der Waals surface area contributed by atoms with Crippen molar-refractivity contribution in [3.8, 4) is 0 Å². The first-order valence-corrected chi connectivity index (χ1v) is 8.06. The van der Waals surface area contributed by atoms with Gasteiger partial charge in [-0.1, -0.05) is 56.9 Å². The second-order valence-electron chi connectivity index (χ2n) is 4.50. The average molecular weight is 350 g/mol. The zero-order valence-electron chi connectivity index (χ0n) is 9.98. The quantitative estimate of drug-likeness (QED) is 0.470. The summed E-state index contributed by atoms with van der Waals surface area (Å²) in [4.78, 5) is 0. The normalized spacial score (nSPS) is 28.4. The molecular weight excluding hydrogens is 328 g/mol. The van der Waals surface area contributed by atoms with Crippen molar-refractivity contribution in [2.75, 3.05) is 0 Å². The minimum Gasteiger partial charge on any atom is -0.0744 e. The van der Waals surface area contributed by atoms with Crippen LogP contribution in [0.2, 0.25) is 0 Å². The van der Waals surface area contributed by atoms with Crippen LogP contribution >= 0.6 is 31.9 Å². The number of hydrogen-bond acceptors (Lipinski definition) is 0. The molecule has 16 heavy (non-hydrogen) atoms. The van der Waals surface area contributed by atoms with E-state index in [0.717, 1.165) is 0 Å². The van der Waals surface area contributed by atoms with Crippen molar-refractivity contribution in [1.29, 1.82) is 0 Å². The Morgan fingerprint density at radius 3 is 1.56 bits per heavy atom. The Morgan fingerprint density at radius 1 is 0.625 bits per heavy atom. The molecule has 0 fully saturated rings. The van der Waals surface area contributed by atoms with Crippen molar-refractivity contribution in [3.05, 3.63) is 21.1 Å². The number of halogens is 2. The largest absolute Gasteiger partial charge is 0.0744 e. The van der Waals surface area contributed by atoms with Crippen LogP contribution in [0.1, 0.15) is 64.2 Å². The van der Waals surface area contributed by atoms with Crippen molar-refractivity contribution in [1.82, 2.24) is 0 Å². The third kappa shape index (κ3) is 7.67. The Morgan fingerprint density at radius 2 is 1.06 bits per heavy atom. The molecular formula is C14H22Br2. The summed E-state index contributed by atoms with van der Waals surface area (Å²) in [5, 5.41) is 0. The van der Waals surface area contributed by atoms with Crippen LogP contribution in [0, 0.1) is 0 Å². The lowest BCUT2D eigenvalue weighted by atomic mass is 10.1. The Balaban J connectivity index is 2.34. The summed E-state index contributed by atoms with van der Waals surface area (Å²) >= 11 is 7.33. The molecule has 0 aromatic heterocycles. The molecule has 0 spiro atoms. The highest BCUT2D eigenvalue weighted by Gasteiger charge is 1.97. The summed E-state index contributed by atoms with van der Waals surface area (Å²) in [7, 11) is 0. The smallest absolute Gasteiger partial charge is 0.00892 e. The number of hydrogen-bond donors (Lipinski definition) is 0. The van der Waals surface area contributed by atoms with Gasteiger partial charge in [-0.2, -0.15) is 0 Å². The molecule has 0 aromatic rings. The minimum atomic E-state index is 1.22. The predicted octanol–water partition coefficient (Wildman–Crippen LogP) is 6.46. The molecule has 0 radical (unpaired) electrons. The van der Waals surface area contributed by atoms with Crippen LogP contribution < -0.4 is 0 Å². The summed E-state index contributed by atoms with van der Waals surface area (Å²) in [5.74, 6) is 0. The van der Waals surface area contributed by atoms with Crippen molar-refractivity contribution in [2.24, 2.45) is 0 Å². The van der Waals surface area contributed by atoms with Crippen molar-refractivity contribution < 1.29 is 0 Å². The molecule has 0 unspecified atom stereocenters. The van der Waals surface area contributed by atoms with Crippen LogP contribution in [0.3, 0.4) is 0 Å². The van der Waals surface area contributed by atoms with Crippen LogP contribution in [0.15, 0.2) is 21.1 Å². The van der Waals surface area contributed by atoms with Gasteiger partial charge < -0.3 is 0 Å². The average Bonchev–Trinajstić information content (AvgIpc) is 2.26. The molecule has 0 bridgehead atoms. The van der Waals surface area contributed by atoms with Crippen molar-refractivity contribution in [3.63, 3.8) is 0 Å². The molecule has 0 N–H and O–H groups in total. The van der Waals surface area contributed by atoms with Gasteiger partial charge in [-0.3, -0.25) is 0 Å². The zero-order valence-corrected chi connectivity index (χ0v) is 13.2. The fraction of sp³-hybridized carbons (Fsp3) is 0.714. The fourth-order valence-electron chi connectivity index (χ4n) is 1.95. The molecule has 0 atom stereocenters. The van der Waals surface area contributed by atoms with E-state index in [-0.39, 0.29) is 0 Å². The van der Waals surface area contributed by atoms with E-state index in [1.54, 1.807) is 0 Å². The first-order valence-electron chi connectivity index (χ1n) is 6.48. The molecule has 0 saturated carbocycles. The highest BCUT2D eigenvalue weighted by atomic mass is 79.9. The second-order valence-corrected chi connectivity index (χ2v) is 6.54. The van der Waals surface area contributed by atoms with E-state index < -0.39 is 0 Å². The molecule has 0 amide bonds. The molecule has 1 aliphatic carbocycles. The van der Waals surface area contributed by atoms with Crippen LogP contribution in [-0.4, -0.2) is 0 Å². The zero-order chi connectivity index (χ0) is 11.6. The van der Waals surface area contributed by atoms with E-state index in [1.807, 2.05) is 0 Å². The van der Waals surface area contributed by atoms with Gasteiger partial charge >= 0.3 is 0 Å². The van der Waals surface area contributed by atoms with Crippen molar-refractivity contribution in [2.45, 2.75) is 64.2 Å². The topological polar surface area (TPSA) is 0 Å². The fourth-order valence-corrected chi connectivity index (χ4v) is 2.97. The molecule has 1 aliphatic rings. The molecule has 0 nitrogen and oxygen atoms in total. The summed E-state index contributed by atoms with van der Waals surface area (Å²) < 4.78 is 2.83. The number of allylic oxidation sites excluding steroid dienone is 4. The molecule has 92 valence electrons. The van der Waals surface area contributed by atoms with Crippen LogP contribution in [-0.2, 0) is 0 Å². The van der Waals surface area contributed by atoms with E-state index in [0.29, 0.717) is 0 Å². The van der Waals surface area contributed by atoms with E-state index in [9.17, 15) is 0 Å². The summed E-state index contributed by atoms with van der Waals surface area (Å²) in [6.45, 7) is 0. The summed E-state index contributed by atoms with van der Waals surface area (Å²) in [6.07, 6.45) is 17.7. The summed E-state index contributed by atoms with van der Waals surface area (Å²) in [6, 6.07) is 0. The molecule has 2 heteroatoms. The van der Waals surface area contributed by atoms with E-state index in [4.69, 9.17) is 0 Å². The van der Waals surface area contributed by atoms with Crippen molar-refractivity contribution >= 4 is 31.9 Å². The first-order chi connectivity index (χ1) is 7.79. The van der Waals surface area contributed by atoms with Gasteiger partial charge in [0.1, 0.15) is 0 Å². The maximum Gasteiger partial charge on any atom is -0.00892 e.